The molecule has 2 aromatic carbocycles. The van der Waals surface area contributed by atoms with Crippen LogP contribution in [0, 0.1) is 6.92 Å². The second kappa shape index (κ2) is 6.81. The molecule has 0 spiro atoms. The summed E-state index contributed by atoms with van der Waals surface area (Å²) in [7, 11) is 0. The van der Waals surface area contributed by atoms with E-state index >= 15 is 0 Å². The molecule has 2 N–H and O–H groups in total. The Morgan fingerprint density at radius 3 is 2.39 bits per heavy atom. The van der Waals surface area contributed by atoms with Gasteiger partial charge >= 0.3 is 0 Å². The lowest BCUT2D eigenvalue weighted by Crippen LogP contribution is -2.02. The number of halogens is 2. The van der Waals surface area contributed by atoms with E-state index in [1.165, 1.54) is 0 Å². The van der Waals surface area contributed by atoms with Gasteiger partial charge in [-0.15, -0.1) is 5.10 Å². The SMILES string of the molecule is Cc1ccc(Nc2cnnc(Nc3ccc(Cl)cc3)n2)cc1Cl. The van der Waals surface area contributed by atoms with Crippen LogP contribution in [0.4, 0.5) is 23.1 Å². The summed E-state index contributed by atoms with van der Waals surface area (Å²) in [6.45, 7) is 1.95. The fraction of sp³-hybridized carbons (Fsp3) is 0.0625. The van der Waals surface area contributed by atoms with Gasteiger partial charge in [0, 0.05) is 21.4 Å². The Morgan fingerprint density at radius 1 is 0.913 bits per heavy atom. The highest BCUT2D eigenvalue weighted by Gasteiger charge is 2.03. The van der Waals surface area contributed by atoms with Crippen molar-refractivity contribution in [1.82, 2.24) is 15.2 Å². The highest BCUT2D eigenvalue weighted by molar-refractivity contribution is 6.31. The van der Waals surface area contributed by atoms with E-state index in [-0.39, 0.29) is 0 Å². The van der Waals surface area contributed by atoms with Crippen molar-refractivity contribution in [2.24, 2.45) is 0 Å². The summed E-state index contributed by atoms with van der Waals surface area (Å²) in [5, 5.41) is 15.5. The van der Waals surface area contributed by atoms with Gasteiger partial charge in [-0.2, -0.15) is 10.1 Å². The highest BCUT2D eigenvalue weighted by atomic mass is 35.5. The van der Waals surface area contributed by atoms with E-state index < -0.39 is 0 Å². The lowest BCUT2D eigenvalue weighted by Gasteiger charge is -2.08. The number of anilines is 4. The molecule has 0 fully saturated rings. The quantitative estimate of drug-likeness (QED) is 0.698. The number of aromatic nitrogens is 3. The van der Waals surface area contributed by atoms with Gasteiger partial charge in [-0.1, -0.05) is 29.3 Å². The molecule has 0 bridgehead atoms. The molecule has 23 heavy (non-hydrogen) atoms. The Morgan fingerprint density at radius 2 is 1.65 bits per heavy atom. The molecule has 0 unspecified atom stereocenters. The van der Waals surface area contributed by atoms with Gasteiger partial charge in [-0.05, 0) is 48.9 Å². The summed E-state index contributed by atoms with van der Waals surface area (Å²) < 4.78 is 0. The maximum absolute atomic E-state index is 6.12. The Hall–Kier alpha value is -2.37. The lowest BCUT2D eigenvalue weighted by atomic mass is 10.2. The van der Waals surface area contributed by atoms with Gasteiger partial charge in [0.25, 0.3) is 0 Å². The summed E-state index contributed by atoms with van der Waals surface area (Å²) in [6, 6.07) is 12.9. The second-order valence-electron chi connectivity index (χ2n) is 4.89. The number of aryl methyl sites for hydroxylation is 1. The van der Waals surface area contributed by atoms with Gasteiger partial charge < -0.3 is 10.6 Å². The molecule has 0 aliphatic carbocycles. The third-order valence-electron chi connectivity index (χ3n) is 3.10. The van der Waals surface area contributed by atoms with Crippen LogP contribution in [-0.2, 0) is 0 Å². The largest absolute Gasteiger partial charge is 0.339 e. The first kappa shape index (κ1) is 15.5. The van der Waals surface area contributed by atoms with Crippen LogP contribution >= 0.6 is 23.2 Å². The summed E-state index contributed by atoms with van der Waals surface area (Å²) in [5.74, 6) is 0.951. The molecule has 7 heteroatoms. The molecule has 3 aromatic rings. The van der Waals surface area contributed by atoms with Crippen molar-refractivity contribution < 1.29 is 0 Å². The highest BCUT2D eigenvalue weighted by Crippen LogP contribution is 2.23. The van der Waals surface area contributed by atoms with Crippen LogP contribution in [0.15, 0.2) is 48.7 Å². The van der Waals surface area contributed by atoms with Crippen molar-refractivity contribution in [3.8, 4) is 0 Å². The van der Waals surface area contributed by atoms with Crippen molar-refractivity contribution in [3.05, 3.63) is 64.3 Å². The van der Waals surface area contributed by atoms with Gasteiger partial charge in [0.05, 0.1) is 6.20 Å². The normalized spacial score (nSPS) is 10.4. The van der Waals surface area contributed by atoms with Crippen molar-refractivity contribution in [2.75, 3.05) is 10.6 Å². The summed E-state index contributed by atoms with van der Waals surface area (Å²) >= 11 is 12.0. The molecule has 0 aliphatic heterocycles. The average molecular weight is 346 g/mol. The predicted octanol–water partition coefficient (Wildman–Crippen LogP) is 4.97. The molecule has 3 rings (SSSR count). The van der Waals surface area contributed by atoms with Crippen LogP contribution in [-0.4, -0.2) is 15.2 Å². The van der Waals surface area contributed by atoms with Crippen LogP contribution in [0.2, 0.25) is 10.0 Å². The van der Waals surface area contributed by atoms with E-state index in [0.717, 1.165) is 16.9 Å². The molecule has 0 saturated carbocycles. The van der Waals surface area contributed by atoms with E-state index in [1.807, 2.05) is 37.3 Å². The van der Waals surface area contributed by atoms with Gasteiger partial charge in [0.1, 0.15) is 0 Å². The molecular formula is C16H13Cl2N5. The Kier molecular flexibility index (Phi) is 4.60. The van der Waals surface area contributed by atoms with Gasteiger partial charge in [-0.3, -0.25) is 0 Å². The van der Waals surface area contributed by atoms with Gasteiger partial charge in [0.15, 0.2) is 5.82 Å². The monoisotopic (exact) mass is 345 g/mol. The average Bonchev–Trinajstić information content (AvgIpc) is 2.54. The topological polar surface area (TPSA) is 62.7 Å². The number of rotatable bonds is 4. The molecule has 0 radical (unpaired) electrons. The van der Waals surface area contributed by atoms with E-state index in [1.54, 1.807) is 18.3 Å². The first-order chi connectivity index (χ1) is 11.1. The smallest absolute Gasteiger partial charge is 0.249 e. The summed E-state index contributed by atoms with van der Waals surface area (Å²) in [5.41, 5.74) is 2.67. The fourth-order valence-electron chi connectivity index (χ4n) is 1.90. The van der Waals surface area contributed by atoms with Crippen molar-refractivity contribution >= 4 is 46.3 Å². The van der Waals surface area contributed by atoms with E-state index in [2.05, 4.69) is 25.8 Å². The number of nitrogens with zero attached hydrogens (tertiary/aromatic N) is 3. The molecular weight excluding hydrogens is 333 g/mol. The number of hydrogen-bond acceptors (Lipinski definition) is 5. The summed E-state index contributed by atoms with van der Waals surface area (Å²) in [6.07, 6.45) is 1.54. The Balaban J connectivity index is 1.76. The lowest BCUT2D eigenvalue weighted by molar-refractivity contribution is 0.982. The zero-order valence-electron chi connectivity index (χ0n) is 12.2. The van der Waals surface area contributed by atoms with Crippen LogP contribution in [0.5, 0.6) is 0 Å². The van der Waals surface area contributed by atoms with Crippen LogP contribution in [0.25, 0.3) is 0 Å². The molecule has 5 nitrogen and oxygen atoms in total. The van der Waals surface area contributed by atoms with Crippen molar-refractivity contribution in [2.45, 2.75) is 6.92 Å². The van der Waals surface area contributed by atoms with E-state index in [4.69, 9.17) is 23.2 Å². The fourth-order valence-corrected chi connectivity index (χ4v) is 2.20. The minimum Gasteiger partial charge on any atom is -0.339 e. The van der Waals surface area contributed by atoms with Crippen molar-refractivity contribution in [1.29, 1.82) is 0 Å². The first-order valence-corrected chi connectivity index (χ1v) is 7.61. The van der Waals surface area contributed by atoms with Gasteiger partial charge in [0.2, 0.25) is 5.95 Å². The van der Waals surface area contributed by atoms with E-state index in [9.17, 15) is 0 Å². The van der Waals surface area contributed by atoms with Crippen LogP contribution < -0.4 is 10.6 Å². The predicted molar refractivity (Wildman–Crippen MR) is 94.0 cm³/mol. The number of benzene rings is 2. The minimum absolute atomic E-state index is 0.385. The first-order valence-electron chi connectivity index (χ1n) is 6.86. The van der Waals surface area contributed by atoms with Crippen LogP contribution in [0.1, 0.15) is 5.56 Å². The molecule has 116 valence electrons. The Bertz CT molecular complexity index is 821. The second-order valence-corrected chi connectivity index (χ2v) is 5.73. The number of hydrogen-bond donors (Lipinski definition) is 2. The maximum Gasteiger partial charge on any atom is 0.249 e. The third-order valence-corrected chi connectivity index (χ3v) is 3.76. The Labute approximate surface area is 143 Å². The molecule has 0 saturated heterocycles. The van der Waals surface area contributed by atoms with Gasteiger partial charge in [-0.25, -0.2) is 0 Å². The van der Waals surface area contributed by atoms with E-state index in [0.29, 0.717) is 21.8 Å². The molecule has 1 heterocycles. The molecule has 0 atom stereocenters. The molecule has 0 aliphatic rings. The third kappa shape index (κ3) is 4.09. The standard InChI is InChI=1S/C16H13Cl2N5/c1-10-2-5-13(8-14(10)18)20-15-9-19-23-16(22-15)21-12-6-3-11(17)4-7-12/h2-9H,1H3,(H2,20,21,22,23). The van der Waals surface area contributed by atoms with Crippen molar-refractivity contribution in [3.63, 3.8) is 0 Å². The van der Waals surface area contributed by atoms with Crippen LogP contribution in [0.3, 0.4) is 0 Å². The minimum atomic E-state index is 0.385. The zero-order chi connectivity index (χ0) is 16.2. The number of nitrogens with one attached hydrogen (secondary N) is 2. The summed E-state index contributed by atoms with van der Waals surface area (Å²) in [4.78, 5) is 4.37. The molecule has 1 aromatic heterocycles. The molecule has 0 amide bonds. The maximum atomic E-state index is 6.12. The zero-order valence-corrected chi connectivity index (χ0v) is 13.7.